The smallest absolute Gasteiger partial charge is 0.161 e. The van der Waals surface area contributed by atoms with Crippen LogP contribution in [0.15, 0.2) is 24.4 Å². The van der Waals surface area contributed by atoms with E-state index in [1.807, 2.05) is 0 Å². The first kappa shape index (κ1) is 11.4. The van der Waals surface area contributed by atoms with E-state index in [0.717, 1.165) is 3.57 Å². The van der Waals surface area contributed by atoms with E-state index in [0.29, 0.717) is 17.2 Å². The molecule has 0 unspecified atom stereocenters. The molecule has 3 N–H and O–H groups in total. The molecule has 2 rings (SSSR count). The topological polar surface area (TPSA) is 72.0 Å². The Hall–Kier alpha value is -1.08. The number of nitrogen functional groups attached to an aromatic ring is 1. The van der Waals surface area contributed by atoms with Gasteiger partial charge in [-0.15, -0.1) is 0 Å². The summed E-state index contributed by atoms with van der Waals surface area (Å²) in [6.07, 6.45) is 1.64. The van der Waals surface area contributed by atoms with Crippen molar-refractivity contribution in [2.75, 3.05) is 5.73 Å². The quantitative estimate of drug-likeness (QED) is 0.778. The van der Waals surface area contributed by atoms with E-state index in [-0.39, 0.29) is 10.8 Å². The van der Waals surface area contributed by atoms with E-state index in [1.54, 1.807) is 18.3 Å². The maximum atomic E-state index is 9.29. The van der Waals surface area contributed by atoms with E-state index in [2.05, 4.69) is 32.6 Å². The molecule has 0 atom stereocenters. The molecule has 0 saturated carbocycles. The maximum Gasteiger partial charge on any atom is 0.161 e. The highest BCUT2D eigenvalue weighted by molar-refractivity contribution is 14.1. The number of nitrogens with two attached hydrogens (primary N) is 1. The highest BCUT2D eigenvalue weighted by Gasteiger charge is 2.06. The van der Waals surface area contributed by atoms with Crippen LogP contribution in [0.25, 0.3) is 11.4 Å². The third-order valence-electron chi connectivity index (χ3n) is 1.98. The number of phenols is 1. The Kier molecular flexibility index (Phi) is 3.15. The number of nitrogens with zero attached hydrogens (tertiary/aromatic N) is 2. The van der Waals surface area contributed by atoms with E-state index in [1.165, 1.54) is 6.07 Å². The SMILES string of the molecule is Nc1nc(-c2ccc(O)c(Cl)c2)ncc1I. The third-order valence-corrected chi connectivity index (χ3v) is 3.11. The summed E-state index contributed by atoms with van der Waals surface area (Å²) >= 11 is 7.85. The van der Waals surface area contributed by atoms with Crippen LogP contribution in [0.1, 0.15) is 0 Å². The summed E-state index contributed by atoms with van der Waals surface area (Å²) in [5.41, 5.74) is 6.40. The molecule has 4 nitrogen and oxygen atoms in total. The highest BCUT2D eigenvalue weighted by Crippen LogP contribution is 2.28. The number of rotatable bonds is 1. The minimum atomic E-state index is 0.0314. The van der Waals surface area contributed by atoms with Crippen LogP contribution in [-0.4, -0.2) is 15.1 Å². The van der Waals surface area contributed by atoms with E-state index < -0.39 is 0 Å². The molecule has 0 bridgehead atoms. The first-order valence-electron chi connectivity index (χ1n) is 4.35. The van der Waals surface area contributed by atoms with Crippen molar-refractivity contribution in [3.8, 4) is 17.1 Å². The van der Waals surface area contributed by atoms with Crippen LogP contribution in [0.2, 0.25) is 5.02 Å². The fraction of sp³-hybridized carbons (Fsp3) is 0. The molecular weight excluding hydrogens is 340 g/mol. The molecule has 2 aromatic rings. The van der Waals surface area contributed by atoms with Gasteiger partial charge in [-0.25, -0.2) is 9.97 Å². The number of benzene rings is 1. The number of halogens is 2. The summed E-state index contributed by atoms with van der Waals surface area (Å²) < 4.78 is 0.797. The molecule has 16 heavy (non-hydrogen) atoms. The van der Waals surface area contributed by atoms with Gasteiger partial charge in [0.2, 0.25) is 0 Å². The monoisotopic (exact) mass is 347 g/mol. The van der Waals surface area contributed by atoms with Crippen molar-refractivity contribution in [1.29, 1.82) is 0 Å². The van der Waals surface area contributed by atoms with Gasteiger partial charge in [0.25, 0.3) is 0 Å². The van der Waals surface area contributed by atoms with Crippen molar-refractivity contribution < 1.29 is 5.11 Å². The second-order valence-electron chi connectivity index (χ2n) is 3.09. The summed E-state index contributed by atoms with van der Waals surface area (Å²) in [5.74, 6) is 0.943. The summed E-state index contributed by atoms with van der Waals surface area (Å²) in [7, 11) is 0. The molecular formula is C10H7ClIN3O. The van der Waals surface area contributed by atoms with Gasteiger partial charge in [0.15, 0.2) is 5.82 Å². The Morgan fingerprint density at radius 1 is 1.38 bits per heavy atom. The fourth-order valence-corrected chi connectivity index (χ4v) is 1.61. The molecule has 0 fully saturated rings. The van der Waals surface area contributed by atoms with Gasteiger partial charge >= 0.3 is 0 Å². The van der Waals surface area contributed by atoms with E-state index >= 15 is 0 Å². The molecule has 0 amide bonds. The average molecular weight is 348 g/mol. The Morgan fingerprint density at radius 2 is 2.12 bits per heavy atom. The van der Waals surface area contributed by atoms with Crippen molar-refractivity contribution in [1.82, 2.24) is 9.97 Å². The molecule has 1 aromatic carbocycles. The molecule has 0 aliphatic heterocycles. The first-order chi connectivity index (χ1) is 7.58. The van der Waals surface area contributed by atoms with Crippen molar-refractivity contribution in [3.63, 3.8) is 0 Å². The zero-order chi connectivity index (χ0) is 11.7. The van der Waals surface area contributed by atoms with Crippen LogP contribution < -0.4 is 5.73 Å². The lowest BCUT2D eigenvalue weighted by atomic mass is 10.2. The molecule has 1 aromatic heterocycles. The van der Waals surface area contributed by atoms with Gasteiger partial charge in [0.1, 0.15) is 11.6 Å². The van der Waals surface area contributed by atoms with Crippen LogP contribution in [0.4, 0.5) is 5.82 Å². The van der Waals surface area contributed by atoms with Gasteiger partial charge in [-0.2, -0.15) is 0 Å². The summed E-state index contributed by atoms with van der Waals surface area (Å²) in [6.45, 7) is 0. The number of hydrogen-bond acceptors (Lipinski definition) is 4. The number of anilines is 1. The zero-order valence-corrected chi connectivity index (χ0v) is 10.9. The molecule has 82 valence electrons. The van der Waals surface area contributed by atoms with Crippen molar-refractivity contribution in [2.24, 2.45) is 0 Å². The minimum Gasteiger partial charge on any atom is -0.506 e. The standard InChI is InChI=1S/C10H7ClIN3O/c11-6-3-5(1-2-8(6)16)10-14-4-7(12)9(13)15-10/h1-4,16H,(H2,13,14,15). The van der Waals surface area contributed by atoms with Crippen LogP contribution in [0.3, 0.4) is 0 Å². The van der Waals surface area contributed by atoms with Crippen LogP contribution >= 0.6 is 34.2 Å². The number of phenolic OH excluding ortho intramolecular Hbond substituents is 1. The second kappa shape index (κ2) is 4.42. The maximum absolute atomic E-state index is 9.29. The van der Waals surface area contributed by atoms with Crippen LogP contribution in [0.5, 0.6) is 5.75 Å². The predicted octanol–water partition coefficient (Wildman–Crippen LogP) is 2.69. The Morgan fingerprint density at radius 3 is 2.75 bits per heavy atom. The molecule has 0 radical (unpaired) electrons. The van der Waals surface area contributed by atoms with Crippen molar-refractivity contribution in [3.05, 3.63) is 33.0 Å². The largest absolute Gasteiger partial charge is 0.506 e. The van der Waals surface area contributed by atoms with Crippen molar-refractivity contribution in [2.45, 2.75) is 0 Å². The number of aromatic nitrogens is 2. The zero-order valence-electron chi connectivity index (χ0n) is 7.98. The third kappa shape index (κ3) is 2.19. The highest BCUT2D eigenvalue weighted by atomic mass is 127. The summed E-state index contributed by atoms with van der Waals surface area (Å²) in [5, 5.41) is 9.55. The second-order valence-corrected chi connectivity index (χ2v) is 4.66. The normalized spacial score (nSPS) is 10.4. The summed E-state index contributed by atoms with van der Waals surface area (Å²) in [4.78, 5) is 8.27. The van der Waals surface area contributed by atoms with Gasteiger partial charge in [-0.05, 0) is 40.8 Å². The molecule has 6 heteroatoms. The van der Waals surface area contributed by atoms with Crippen LogP contribution in [-0.2, 0) is 0 Å². The van der Waals surface area contributed by atoms with E-state index in [4.69, 9.17) is 17.3 Å². The average Bonchev–Trinajstić information content (AvgIpc) is 2.26. The number of hydrogen-bond donors (Lipinski definition) is 2. The van der Waals surface area contributed by atoms with Gasteiger partial charge in [-0.1, -0.05) is 11.6 Å². The Balaban J connectivity index is 2.50. The summed E-state index contributed by atoms with van der Waals surface area (Å²) in [6, 6.07) is 4.77. The lowest BCUT2D eigenvalue weighted by Crippen LogP contribution is -1.98. The molecule has 0 aliphatic carbocycles. The predicted molar refractivity (Wildman–Crippen MR) is 71.3 cm³/mol. The lowest BCUT2D eigenvalue weighted by Gasteiger charge is -2.03. The molecule has 1 heterocycles. The minimum absolute atomic E-state index is 0.0314. The van der Waals surface area contributed by atoms with Gasteiger partial charge in [0, 0.05) is 11.8 Å². The van der Waals surface area contributed by atoms with Crippen molar-refractivity contribution >= 4 is 40.0 Å². The Bertz CT molecular complexity index is 498. The Labute approximate surface area is 111 Å². The lowest BCUT2D eigenvalue weighted by molar-refractivity contribution is 0.475. The molecule has 0 saturated heterocycles. The van der Waals surface area contributed by atoms with E-state index in [9.17, 15) is 5.11 Å². The van der Waals surface area contributed by atoms with Gasteiger partial charge in [0.05, 0.1) is 8.59 Å². The molecule has 0 aliphatic rings. The first-order valence-corrected chi connectivity index (χ1v) is 5.80. The molecule has 0 spiro atoms. The van der Waals surface area contributed by atoms with Gasteiger partial charge < -0.3 is 10.8 Å². The van der Waals surface area contributed by atoms with Gasteiger partial charge in [-0.3, -0.25) is 0 Å². The number of aromatic hydroxyl groups is 1. The fourth-order valence-electron chi connectivity index (χ4n) is 1.17. The van der Waals surface area contributed by atoms with Crippen LogP contribution in [0, 0.1) is 3.57 Å².